The van der Waals surface area contributed by atoms with Crippen molar-refractivity contribution < 1.29 is 0 Å². The van der Waals surface area contributed by atoms with Crippen molar-refractivity contribution in [2.45, 2.75) is 47.5 Å². The predicted molar refractivity (Wildman–Crippen MR) is 72.9 cm³/mol. The average molecular weight is 227 g/mol. The number of hydrogen-bond acceptors (Lipinski definition) is 1. The van der Waals surface area contributed by atoms with E-state index in [1.54, 1.807) is 0 Å². The summed E-state index contributed by atoms with van der Waals surface area (Å²) in [6, 6.07) is 0. The van der Waals surface area contributed by atoms with Gasteiger partial charge in [0.25, 0.3) is 0 Å². The lowest BCUT2D eigenvalue weighted by Crippen LogP contribution is -2.39. The summed E-state index contributed by atoms with van der Waals surface area (Å²) in [4.78, 5) is 4.20. The first-order valence-electron chi connectivity index (χ1n) is 6.29. The molecular formula is C13H29N3. The van der Waals surface area contributed by atoms with Crippen LogP contribution in [0.1, 0.15) is 47.5 Å². The summed E-state index contributed by atoms with van der Waals surface area (Å²) in [6.45, 7) is 13.2. The van der Waals surface area contributed by atoms with Crippen molar-refractivity contribution in [2.24, 2.45) is 16.3 Å². The Bertz CT molecular complexity index is 202. The minimum Gasteiger partial charge on any atom is -0.356 e. The molecule has 0 heterocycles. The molecule has 96 valence electrons. The maximum atomic E-state index is 4.20. The molecule has 0 rings (SSSR count). The minimum atomic E-state index is 0.379. The lowest BCUT2D eigenvalue weighted by atomic mass is 9.92. The molecule has 2 N–H and O–H groups in total. The van der Waals surface area contributed by atoms with Gasteiger partial charge in [0.05, 0.1) is 0 Å². The van der Waals surface area contributed by atoms with Gasteiger partial charge in [-0.05, 0) is 24.2 Å². The van der Waals surface area contributed by atoms with Gasteiger partial charge in [0.2, 0.25) is 0 Å². The third-order valence-electron chi connectivity index (χ3n) is 2.41. The number of hydrogen-bond donors (Lipinski definition) is 2. The van der Waals surface area contributed by atoms with E-state index in [1.807, 2.05) is 7.05 Å². The molecule has 0 aromatic carbocycles. The quantitative estimate of drug-likeness (QED) is 0.559. The SMILES string of the molecule is CN=C(NCCC(C)C)NCCC(C)(C)C. The summed E-state index contributed by atoms with van der Waals surface area (Å²) in [5, 5.41) is 6.66. The third kappa shape index (κ3) is 9.81. The zero-order valence-electron chi connectivity index (χ0n) is 11.9. The van der Waals surface area contributed by atoms with Crippen molar-refractivity contribution in [3.63, 3.8) is 0 Å². The van der Waals surface area contributed by atoms with Crippen LogP contribution in [0.15, 0.2) is 4.99 Å². The second-order valence-corrected chi connectivity index (χ2v) is 5.92. The molecule has 3 heteroatoms. The Morgan fingerprint density at radius 1 is 1.12 bits per heavy atom. The van der Waals surface area contributed by atoms with Crippen LogP contribution in [-0.4, -0.2) is 26.1 Å². The van der Waals surface area contributed by atoms with Crippen LogP contribution >= 0.6 is 0 Å². The van der Waals surface area contributed by atoms with E-state index in [2.05, 4.69) is 50.2 Å². The van der Waals surface area contributed by atoms with Crippen molar-refractivity contribution in [1.82, 2.24) is 10.6 Å². The van der Waals surface area contributed by atoms with Crippen LogP contribution in [0, 0.1) is 11.3 Å². The van der Waals surface area contributed by atoms with Crippen LogP contribution in [0.5, 0.6) is 0 Å². The first kappa shape index (κ1) is 15.3. The molecule has 3 nitrogen and oxygen atoms in total. The second kappa shape index (κ2) is 7.53. The molecule has 0 saturated heterocycles. The monoisotopic (exact) mass is 227 g/mol. The first-order chi connectivity index (χ1) is 7.35. The van der Waals surface area contributed by atoms with Crippen LogP contribution in [0.2, 0.25) is 0 Å². The molecule has 0 aliphatic heterocycles. The fraction of sp³-hybridized carbons (Fsp3) is 0.923. The summed E-state index contributed by atoms with van der Waals surface area (Å²) in [6.07, 6.45) is 2.33. The van der Waals surface area contributed by atoms with E-state index in [0.29, 0.717) is 5.41 Å². The van der Waals surface area contributed by atoms with Gasteiger partial charge in [-0.2, -0.15) is 0 Å². The van der Waals surface area contributed by atoms with Gasteiger partial charge in [0.15, 0.2) is 5.96 Å². The topological polar surface area (TPSA) is 36.4 Å². The summed E-state index contributed by atoms with van der Waals surface area (Å²) in [5.41, 5.74) is 0.379. The molecule has 16 heavy (non-hydrogen) atoms. The predicted octanol–water partition coefficient (Wildman–Crippen LogP) is 2.63. The molecule has 0 amide bonds. The molecule has 0 bridgehead atoms. The standard InChI is InChI=1S/C13H29N3/c1-11(2)7-9-15-12(14-6)16-10-8-13(3,4)5/h11H,7-10H2,1-6H3,(H2,14,15,16). The van der Waals surface area contributed by atoms with E-state index in [0.717, 1.165) is 31.4 Å². The second-order valence-electron chi connectivity index (χ2n) is 5.92. The molecule has 0 aromatic heterocycles. The molecule has 0 aliphatic rings. The highest BCUT2D eigenvalue weighted by Crippen LogP contribution is 2.16. The van der Waals surface area contributed by atoms with Gasteiger partial charge in [-0.15, -0.1) is 0 Å². The molecule has 0 aromatic rings. The van der Waals surface area contributed by atoms with Gasteiger partial charge in [-0.25, -0.2) is 0 Å². The molecule has 0 unspecified atom stereocenters. The lowest BCUT2D eigenvalue weighted by molar-refractivity contribution is 0.377. The number of nitrogens with one attached hydrogen (secondary N) is 2. The van der Waals surface area contributed by atoms with Gasteiger partial charge in [-0.1, -0.05) is 34.6 Å². The van der Waals surface area contributed by atoms with E-state index in [9.17, 15) is 0 Å². The zero-order valence-corrected chi connectivity index (χ0v) is 11.9. The highest BCUT2D eigenvalue weighted by molar-refractivity contribution is 5.79. The Balaban J connectivity index is 3.69. The fourth-order valence-electron chi connectivity index (χ4n) is 1.26. The molecule has 0 fully saturated rings. The van der Waals surface area contributed by atoms with E-state index in [-0.39, 0.29) is 0 Å². The van der Waals surface area contributed by atoms with Crippen LogP contribution < -0.4 is 10.6 Å². The van der Waals surface area contributed by atoms with E-state index in [1.165, 1.54) is 6.42 Å². The lowest BCUT2D eigenvalue weighted by Gasteiger charge is -2.19. The summed E-state index contributed by atoms with van der Waals surface area (Å²) < 4.78 is 0. The number of guanidine groups is 1. The molecule has 0 saturated carbocycles. The van der Waals surface area contributed by atoms with Gasteiger partial charge < -0.3 is 10.6 Å². The highest BCUT2D eigenvalue weighted by Gasteiger charge is 2.09. The molecule has 0 atom stereocenters. The number of aliphatic imine (C=N–C) groups is 1. The van der Waals surface area contributed by atoms with Crippen molar-refractivity contribution in [3.05, 3.63) is 0 Å². The zero-order chi connectivity index (χ0) is 12.6. The minimum absolute atomic E-state index is 0.379. The smallest absolute Gasteiger partial charge is 0.190 e. The Morgan fingerprint density at radius 2 is 1.69 bits per heavy atom. The number of nitrogens with zero attached hydrogens (tertiary/aromatic N) is 1. The average Bonchev–Trinajstić information content (AvgIpc) is 2.13. The molecular weight excluding hydrogens is 198 g/mol. The van der Waals surface area contributed by atoms with Gasteiger partial charge in [-0.3, -0.25) is 4.99 Å². The van der Waals surface area contributed by atoms with E-state index in [4.69, 9.17) is 0 Å². The van der Waals surface area contributed by atoms with Crippen LogP contribution in [0.25, 0.3) is 0 Å². The Morgan fingerprint density at radius 3 is 2.12 bits per heavy atom. The van der Waals surface area contributed by atoms with Crippen LogP contribution in [0.3, 0.4) is 0 Å². The largest absolute Gasteiger partial charge is 0.356 e. The van der Waals surface area contributed by atoms with Crippen molar-refractivity contribution in [2.75, 3.05) is 20.1 Å². The molecule has 0 radical (unpaired) electrons. The van der Waals surface area contributed by atoms with Crippen LogP contribution in [0.4, 0.5) is 0 Å². The van der Waals surface area contributed by atoms with Crippen molar-refractivity contribution in [3.8, 4) is 0 Å². The maximum absolute atomic E-state index is 4.20. The summed E-state index contributed by atoms with van der Waals surface area (Å²) in [7, 11) is 1.82. The normalized spacial score (nSPS) is 13.1. The first-order valence-corrected chi connectivity index (χ1v) is 6.29. The van der Waals surface area contributed by atoms with Crippen molar-refractivity contribution >= 4 is 5.96 Å². The Hall–Kier alpha value is -0.730. The van der Waals surface area contributed by atoms with Crippen molar-refractivity contribution in [1.29, 1.82) is 0 Å². The summed E-state index contributed by atoms with van der Waals surface area (Å²) >= 11 is 0. The maximum Gasteiger partial charge on any atom is 0.190 e. The highest BCUT2D eigenvalue weighted by atomic mass is 15.2. The Labute approximate surface area is 101 Å². The van der Waals surface area contributed by atoms with Gasteiger partial charge >= 0.3 is 0 Å². The fourth-order valence-corrected chi connectivity index (χ4v) is 1.26. The van der Waals surface area contributed by atoms with Gasteiger partial charge in [0.1, 0.15) is 0 Å². The van der Waals surface area contributed by atoms with E-state index >= 15 is 0 Å². The number of rotatable bonds is 5. The third-order valence-corrected chi connectivity index (χ3v) is 2.41. The van der Waals surface area contributed by atoms with Crippen LogP contribution in [-0.2, 0) is 0 Å². The summed E-state index contributed by atoms with van der Waals surface area (Å²) in [5.74, 6) is 1.66. The van der Waals surface area contributed by atoms with Gasteiger partial charge in [0, 0.05) is 20.1 Å². The molecule has 0 spiro atoms. The van der Waals surface area contributed by atoms with E-state index < -0.39 is 0 Å². The molecule has 0 aliphatic carbocycles. The Kier molecular flexibility index (Phi) is 7.18.